The Morgan fingerprint density at radius 2 is 1.80 bits per heavy atom. The van der Waals surface area contributed by atoms with E-state index in [0.717, 1.165) is 18.7 Å². The predicted molar refractivity (Wildman–Crippen MR) is 98.9 cm³/mol. The third kappa shape index (κ3) is 4.06. The van der Waals surface area contributed by atoms with Crippen LogP contribution in [-0.4, -0.2) is 48.3 Å². The van der Waals surface area contributed by atoms with E-state index in [9.17, 15) is 9.59 Å². The van der Waals surface area contributed by atoms with Gasteiger partial charge < -0.3 is 15.1 Å². The summed E-state index contributed by atoms with van der Waals surface area (Å²) >= 11 is 0. The van der Waals surface area contributed by atoms with Crippen LogP contribution in [0.4, 0.5) is 10.5 Å². The number of urea groups is 1. The van der Waals surface area contributed by atoms with Gasteiger partial charge in [-0.3, -0.25) is 4.79 Å². The second-order valence-electron chi connectivity index (χ2n) is 6.45. The van der Waals surface area contributed by atoms with Gasteiger partial charge in [0.1, 0.15) is 0 Å². The second kappa shape index (κ2) is 7.49. The Morgan fingerprint density at radius 1 is 1.04 bits per heavy atom. The van der Waals surface area contributed by atoms with E-state index < -0.39 is 0 Å². The highest BCUT2D eigenvalue weighted by Crippen LogP contribution is 2.25. The van der Waals surface area contributed by atoms with Gasteiger partial charge in [-0.1, -0.05) is 42.5 Å². The SMILES string of the molecule is CC(=O)c1cccc(NC(=O)N2CCN(C)C[C@@H]2c2ccccc2)c1. The minimum Gasteiger partial charge on any atom is -0.315 e. The number of carbonyl (C=O) groups excluding carboxylic acids is 2. The van der Waals surface area contributed by atoms with Crippen LogP contribution in [0.3, 0.4) is 0 Å². The van der Waals surface area contributed by atoms with Crippen molar-refractivity contribution in [1.82, 2.24) is 9.80 Å². The first-order valence-electron chi connectivity index (χ1n) is 8.46. The third-order valence-corrected chi connectivity index (χ3v) is 4.55. The summed E-state index contributed by atoms with van der Waals surface area (Å²) in [5.74, 6) is -0.0159. The number of hydrogen-bond donors (Lipinski definition) is 1. The van der Waals surface area contributed by atoms with Crippen LogP contribution in [0.1, 0.15) is 28.9 Å². The van der Waals surface area contributed by atoms with Crippen molar-refractivity contribution in [2.45, 2.75) is 13.0 Å². The number of nitrogens with one attached hydrogen (secondary N) is 1. The fraction of sp³-hybridized carbons (Fsp3) is 0.300. The number of ketones is 1. The van der Waals surface area contributed by atoms with Gasteiger partial charge in [-0.05, 0) is 31.7 Å². The maximum Gasteiger partial charge on any atom is 0.322 e. The molecule has 5 nitrogen and oxygen atoms in total. The molecule has 0 bridgehead atoms. The number of carbonyl (C=O) groups is 2. The molecule has 25 heavy (non-hydrogen) atoms. The van der Waals surface area contributed by atoms with E-state index in [-0.39, 0.29) is 17.9 Å². The van der Waals surface area contributed by atoms with E-state index in [0.29, 0.717) is 17.8 Å². The Bertz CT molecular complexity index is 761. The Balaban J connectivity index is 1.79. The fourth-order valence-electron chi connectivity index (χ4n) is 3.13. The first kappa shape index (κ1) is 17.2. The van der Waals surface area contributed by atoms with E-state index in [1.54, 1.807) is 24.3 Å². The summed E-state index contributed by atoms with van der Waals surface area (Å²) in [5.41, 5.74) is 2.36. The van der Waals surface area contributed by atoms with Crippen molar-refractivity contribution >= 4 is 17.5 Å². The number of Topliss-reactive ketones (excluding diaryl/α,β-unsaturated/α-hetero) is 1. The van der Waals surface area contributed by atoms with Crippen molar-refractivity contribution in [3.05, 3.63) is 65.7 Å². The van der Waals surface area contributed by atoms with Crippen LogP contribution in [0, 0.1) is 0 Å². The van der Waals surface area contributed by atoms with Crippen LogP contribution >= 0.6 is 0 Å². The number of anilines is 1. The average molecular weight is 337 g/mol. The molecule has 2 amide bonds. The van der Waals surface area contributed by atoms with Gasteiger partial charge in [-0.15, -0.1) is 0 Å². The van der Waals surface area contributed by atoms with Crippen molar-refractivity contribution in [3.63, 3.8) is 0 Å². The molecule has 0 aliphatic carbocycles. The molecule has 1 N–H and O–H groups in total. The van der Waals surface area contributed by atoms with E-state index in [1.165, 1.54) is 6.92 Å². The summed E-state index contributed by atoms with van der Waals surface area (Å²) in [4.78, 5) is 28.5. The first-order chi connectivity index (χ1) is 12.0. The summed E-state index contributed by atoms with van der Waals surface area (Å²) in [7, 11) is 2.07. The van der Waals surface area contributed by atoms with Crippen LogP contribution in [0.2, 0.25) is 0 Å². The van der Waals surface area contributed by atoms with Crippen LogP contribution in [0.15, 0.2) is 54.6 Å². The molecule has 3 rings (SSSR count). The van der Waals surface area contributed by atoms with Gasteiger partial charge in [-0.2, -0.15) is 0 Å². The number of amides is 2. The van der Waals surface area contributed by atoms with Crippen molar-refractivity contribution in [2.75, 3.05) is 32.0 Å². The zero-order valence-electron chi connectivity index (χ0n) is 14.6. The number of benzene rings is 2. The quantitative estimate of drug-likeness (QED) is 0.873. The molecule has 2 aromatic carbocycles. The normalized spacial score (nSPS) is 18.0. The highest BCUT2D eigenvalue weighted by atomic mass is 16.2. The highest BCUT2D eigenvalue weighted by Gasteiger charge is 2.30. The van der Waals surface area contributed by atoms with Crippen LogP contribution in [0.25, 0.3) is 0 Å². The number of likely N-dealkylation sites (N-methyl/N-ethyl adjacent to an activating group) is 1. The van der Waals surface area contributed by atoms with Gasteiger partial charge in [0.2, 0.25) is 0 Å². The minimum atomic E-state index is -0.136. The monoisotopic (exact) mass is 337 g/mol. The van der Waals surface area contributed by atoms with Crippen LogP contribution in [0.5, 0.6) is 0 Å². The molecule has 1 aliphatic heterocycles. The lowest BCUT2D eigenvalue weighted by Crippen LogP contribution is -2.50. The summed E-state index contributed by atoms with van der Waals surface area (Å²) in [6, 6.07) is 17.0. The van der Waals surface area contributed by atoms with Gasteiger partial charge >= 0.3 is 6.03 Å². The molecule has 1 fully saturated rings. The zero-order chi connectivity index (χ0) is 17.8. The number of nitrogens with zero attached hydrogens (tertiary/aromatic N) is 2. The Kier molecular flexibility index (Phi) is 5.14. The smallest absolute Gasteiger partial charge is 0.315 e. The summed E-state index contributed by atoms with van der Waals surface area (Å²) in [6.07, 6.45) is 0. The maximum absolute atomic E-state index is 12.9. The molecule has 0 radical (unpaired) electrons. The Hall–Kier alpha value is -2.66. The second-order valence-corrected chi connectivity index (χ2v) is 6.45. The number of hydrogen-bond acceptors (Lipinski definition) is 3. The van der Waals surface area contributed by atoms with Crippen molar-refractivity contribution < 1.29 is 9.59 Å². The standard InChI is InChI=1S/C20H23N3O2/c1-15(24)17-9-6-10-18(13-17)21-20(25)23-12-11-22(2)14-19(23)16-7-4-3-5-8-16/h3-10,13,19H,11-12,14H2,1-2H3,(H,21,25)/t19-/m1/s1. The highest BCUT2D eigenvalue weighted by molar-refractivity contribution is 5.96. The molecular formula is C20H23N3O2. The first-order valence-corrected chi connectivity index (χ1v) is 8.46. The van der Waals surface area contributed by atoms with Crippen LogP contribution < -0.4 is 5.32 Å². The average Bonchev–Trinajstić information content (AvgIpc) is 2.62. The summed E-state index contributed by atoms with van der Waals surface area (Å²) < 4.78 is 0. The van der Waals surface area contributed by atoms with Crippen molar-refractivity contribution in [3.8, 4) is 0 Å². The Labute approximate surface area is 148 Å². The summed E-state index contributed by atoms with van der Waals surface area (Å²) in [6.45, 7) is 3.82. The van der Waals surface area contributed by atoms with Gasteiger partial charge in [-0.25, -0.2) is 4.79 Å². The third-order valence-electron chi connectivity index (χ3n) is 4.55. The molecular weight excluding hydrogens is 314 g/mol. The summed E-state index contributed by atoms with van der Waals surface area (Å²) in [5, 5.41) is 2.94. The van der Waals surface area contributed by atoms with E-state index >= 15 is 0 Å². The molecule has 1 atom stereocenters. The lowest BCUT2D eigenvalue weighted by atomic mass is 10.0. The molecule has 1 saturated heterocycles. The molecule has 0 saturated carbocycles. The molecule has 5 heteroatoms. The number of piperazine rings is 1. The van der Waals surface area contributed by atoms with Gasteiger partial charge in [0.15, 0.2) is 5.78 Å². The van der Waals surface area contributed by atoms with Crippen molar-refractivity contribution in [2.24, 2.45) is 0 Å². The molecule has 1 aliphatic rings. The van der Waals surface area contributed by atoms with Crippen LogP contribution in [-0.2, 0) is 0 Å². The maximum atomic E-state index is 12.9. The Morgan fingerprint density at radius 3 is 2.52 bits per heavy atom. The number of rotatable bonds is 3. The predicted octanol–water partition coefficient (Wildman–Crippen LogP) is 3.41. The molecule has 0 aromatic heterocycles. The van der Waals surface area contributed by atoms with Gasteiger partial charge in [0.05, 0.1) is 6.04 Å². The minimum absolute atomic E-state index is 0.0101. The van der Waals surface area contributed by atoms with Gasteiger partial charge in [0.25, 0.3) is 0 Å². The van der Waals surface area contributed by atoms with Crippen molar-refractivity contribution in [1.29, 1.82) is 0 Å². The van der Waals surface area contributed by atoms with E-state index in [4.69, 9.17) is 0 Å². The van der Waals surface area contributed by atoms with E-state index in [1.807, 2.05) is 23.1 Å². The topological polar surface area (TPSA) is 52.7 Å². The molecule has 0 unspecified atom stereocenters. The largest absolute Gasteiger partial charge is 0.322 e. The molecule has 2 aromatic rings. The van der Waals surface area contributed by atoms with Gasteiger partial charge in [0, 0.05) is 30.9 Å². The fourth-order valence-corrected chi connectivity index (χ4v) is 3.13. The lowest BCUT2D eigenvalue weighted by Gasteiger charge is -2.40. The lowest BCUT2D eigenvalue weighted by molar-refractivity contribution is 0.101. The molecule has 1 heterocycles. The molecule has 0 spiro atoms. The zero-order valence-corrected chi connectivity index (χ0v) is 14.6. The van der Waals surface area contributed by atoms with E-state index in [2.05, 4.69) is 29.4 Å². The molecule has 130 valence electrons.